The lowest BCUT2D eigenvalue weighted by molar-refractivity contribution is -0.134. The van der Waals surface area contributed by atoms with Crippen molar-refractivity contribution in [3.05, 3.63) is 46.2 Å². The molecule has 8 heteroatoms. The number of hydrogen-bond donors (Lipinski definition) is 2. The molecule has 2 aromatic heterocycles. The number of hydrogen-bond acceptors (Lipinski definition) is 5. The van der Waals surface area contributed by atoms with Gasteiger partial charge < -0.3 is 15.5 Å². The molecule has 0 spiro atoms. The topological polar surface area (TPSA) is 87.2 Å². The van der Waals surface area contributed by atoms with Crippen LogP contribution in [0.2, 0.25) is 5.15 Å². The van der Waals surface area contributed by atoms with E-state index in [1.807, 2.05) is 24.8 Å². The van der Waals surface area contributed by atoms with E-state index >= 15 is 0 Å². The third kappa shape index (κ3) is 4.15. The van der Waals surface area contributed by atoms with Gasteiger partial charge in [-0.3, -0.25) is 14.6 Å². The van der Waals surface area contributed by atoms with Crippen molar-refractivity contribution in [1.29, 1.82) is 0 Å². The summed E-state index contributed by atoms with van der Waals surface area (Å²) >= 11 is 6.31. The molecule has 7 nitrogen and oxygen atoms in total. The molecule has 0 radical (unpaired) electrons. The van der Waals surface area contributed by atoms with E-state index in [-0.39, 0.29) is 23.9 Å². The lowest BCUT2D eigenvalue weighted by Gasteiger charge is -2.41. The maximum atomic E-state index is 12.2. The first-order chi connectivity index (χ1) is 13.3. The Balaban J connectivity index is 2.06. The van der Waals surface area contributed by atoms with Gasteiger partial charge in [0.1, 0.15) is 5.15 Å². The number of carbonyl (C=O) groups is 2. The molecule has 0 aromatic carbocycles. The summed E-state index contributed by atoms with van der Waals surface area (Å²) in [5.74, 6) is -0.175. The van der Waals surface area contributed by atoms with Gasteiger partial charge in [0.25, 0.3) is 5.91 Å². The fourth-order valence-electron chi connectivity index (χ4n) is 3.66. The number of piperazine rings is 1. The molecule has 28 heavy (non-hydrogen) atoms. The zero-order valence-electron chi connectivity index (χ0n) is 16.4. The minimum atomic E-state index is -0.193. The minimum Gasteiger partial charge on any atom is -0.355 e. The van der Waals surface area contributed by atoms with E-state index in [1.54, 1.807) is 32.2 Å². The zero-order chi connectivity index (χ0) is 20.4. The average molecular weight is 402 g/mol. The molecule has 1 aliphatic heterocycles. The number of carbonyl (C=O) groups excluding carboxylic acids is 2. The van der Waals surface area contributed by atoms with Crippen molar-refractivity contribution in [2.75, 3.05) is 20.1 Å². The Morgan fingerprint density at radius 3 is 2.57 bits per heavy atom. The van der Waals surface area contributed by atoms with Crippen molar-refractivity contribution in [1.82, 2.24) is 25.5 Å². The van der Waals surface area contributed by atoms with Crippen molar-refractivity contribution < 1.29 is 9.59 Å². The van der Waals surface area contributed by atoms with Crippen molar-refractivity contribution in [2.45, 2.75) is 32.9 Å². The molecule has 0 saturated carbocycles. The van der Waals surface area contributed by atoms with Gasteiger partial charge >= 0.3 is 0 Å². The first-order valence-corrected chi connectivity index (χ1v) is 9.56. The summed E-state index contributed by atoms with van der Waals surface area (Å²) < 4.78 is 0. The van der Waals surface area contributed by atoms with Crippen molar-refractivity contribution in [3.8, 4) is 11.4 Å². The summed E-state index contributed by atoms with van der Waals surface area (Å²) in [5.41, 5.74) is 3.23. The van der Waals surface area contributed by atoms with Crippen LogP contribution in [0.1, 0.15) is 41.5 Å². The fraction of sp³-hybridized carbons (Fsp3) is 0.400. The van der Waals surface area contributed by atoms with Crippen LogP contribution in [0.15, 0.2) is 24.3 Å². The van der Waals surface area contributed by atoms with Gasteiger partial charge in [-0.1, -0.05) is 11.6 Å². The predicted molar refractivity (Wildman–Crippen MR) is 108 cm³/mol. The van der Waals surface area contributed by atoms with Crippen LogP contribution in [-0.4, -0.2) is 52.9 Å². The zero-order valence-corrected chi connectivity index (χ0v) is 17.2. The smallest absolute Gasteiger partial charge is 0.251 e. The second kappa shape index (κ2) is 8.24. The number of pyridine rings is 2. The summed E-state index contributed by atoms with van der Waals surface area (Å²) in [4.78, 5) is 35.1. The van der Waals surface area contributed by atoms with E-state index in [2.05, 4.69) is 20.6 Å². The van der Waals surface area contributed by atoms with Crippen LogP contribution in [0.25, 0.3) is 11.4 Å². The van der Waals surface area contributed by atoms with Crippen molar-refractivity contribution in [3.63, 3.8) is 0 Å². The summed E-state index contributed by atoms with van der Waals surface area (Å²) in [5, 5.41) is 6.30. The van der Waals surface area contributed by atoms with Gasteiger partial charge in [0.2, 0.25) is 5.91 Å². The quantitative estimate of drug-likeness (QED) is 0.771. The molecule has 2 N–H and O–H groups in total. The second-order valence-electron chi connectivity index (χ2n) is 7.02. The summed E-state index contributed by atoms with van der Waals surface area (Å²) in [7, 11) is 1.58. The SMILES string of the molecule is CNC(=O)c1cc(C)nc(-c2cc([C@@H]3CNC[C@H](C)N3C(C)=O)cc(Cl)n2)c1. The third-order valence-electron chi connectivity index (χ3n) is 4.86. The first-order valence-electron chi connectivity index (χ1n) is 9.18. The molecule has 2 amide bonds. The summed E-state index contributed by atoms with van der Waals surface area (Å²) in [6, 6.07) is 7.01. The van der Waals surface area contributed by atoms with E-state index in [0.717, 1.165) is 12.1 Å². The number of aryl methyl sites for hydroxylation is 1. The monoisotopic (exact) mass is 401 g/mol. The molecular formula is C20H24ClN5O2. The van der Waals surface area contributed by atoms with E-state index in [1.165, 1.54) is 0 Å². The largest absolute Gasteiger partial charge is 0.355 e. The number of amides is 2. The lowest BCUT2D eigenvalue weighted by atomic mass is 9.99. The van der Waals surface area contributed by atoms with Gasteiger partial charge in [0, 0.05) is 44.4 Å². The number of rotatable bonds is 3. The highest BCUT2D eigenvalue weighted by molar-refractivity contribution is 6.29. The first kappa shape index (κ1) is 20.2. The molecule has 3 heterocycles. The molecule has 148 valence electrons. The Bertz CT molecular complexity index is 917. The Labute approximate surface area is 169 Å². The van der Waals surface area contributed by atoms with Crippen LogP contribution in [0.3, 0.4) is 0 Å². The average Bonchev–Trinajstić information content (AvgIpc) is 2.65. The Morgan fingerprint density at radius 1 is 1.18 bits per heavy atom. The molecule has 1 fully saturated rings. The maximum absolute atomic E-state index is 12.2. The van der Waals surface area contributed by atoms with E-state index in [9.17, 15) is 9.59 Å². The fourth-order valence-corrected chi connectivity index (χ4v) is 3.87. The normalized spacial score (nSPS) is 19.4. The Morgan fingerprint density at radius 2 is 1.89 bits per heavy atom. The lowest BCUT2D eigenvalue weighted by Crippen LogP contribution is -2.53. The molecule has 1 saturated heterocycles. The molecule has 2 aromatic rings. The van der Waals surface area contributed by atoms with Crippen molar-refractivity contribution in [2.24, 2.45) is 0 Å². The van der Waals surface area contributed by atoms with Gasteiger partial charge in [0.15, 0.2) is 0 Å². The van der Waals surface area contributed by atoms with Crippen LogP contribution in [-0.2, 0) is 4.79 Å². The van der Waals surface area contributed by atoms with Crippen molar-refractivity contribution >= 4 is 23.4 Å². The molecule has 2 atom stereocenters. The van der Waals surface area contributed by atoms with Gasteiger partial charge in [0.05, 0.1) is 17.4 Å². The highest BCUT2D eigenvalue weighted by Gasteiger charge is 2.31. The van der Waals surface area contributed by atoms with Crippen LogP contribution >= 0.6 is 11.6 Å². The summed E-state index contributed by atoms with van der Waals surface area (Å²) in [6.45, 7) is 6.80. The van der Waals surface area contributed by atoms with Crippen LogP contribution in [0, 0.1) is 6.92 Å². The standard InChI is InChI=1S/C20H24ClN5O2/c1-11-5-15(20(28)22-4)7-16(24-11)17-6-14(8-19(21)25-17)18-10-23-9-12(2)26(18)13(3)27/h5-8,12,18,23H,9-10H2,1-4H3,(H,22,28)/t12-,18-/m0/s1. The highest BCUT2D eigenvalue weighted by atomic mass is 35.5. The number of aromatic nitrogens is 2. The predicted octanol–water partition coefficient (Wildman–Crippen LogP) is 2.35. The molecule has 3 rings (SSSR count). The number of nitrogens with one attached hydrogen (secondary N) is 2. The molecule has 1 aliphatic rings. The second-order valence-corrected chi connectivity index (χ2v) is 7.41. The van der Waals surface area contributed by atoms with E-state index < -0.39 is 0 Å². The Kier molecular flexibility index (Phi) is 5.96. The van der Waals surface area contributed by atoms with Gasteiger partial charge in [-0.15, -0.1) is 0 Å². The number of nitrogens with zero attached hydrogens (tertiary/aromatic N) is 3. The molecule has 0 unspecified atom stereocenters. The van der Waals surface area contributed by atoms with Gasteiger partial charge in [-0.2, -0.15) is 0 Å². The van der Waals surface area contributed by atoms with E-state index in [0.29, 0.717) is 34.3 Å². The van der Waals surface area contributed by atoms with Gasteiger partial charge in [-0.05, 0) is 43.7 Å². The Hall–Kier alpha value is -2.51. The molecular weight excluding hydrogens is 378 g/mol. The minimum absolute atomic E-state index is 0.0177. The van der Waals surface area contributed by atoms with Crippen LogP contribution < -0.4 is 10.6 Å². The van der Waals surface area contributed by atoms with Crippen LogP contribution in [0.5, 0.6) is 0 Å². The molecule has 0 aliphatic carbocycles. The van der Waals surface area contributed by atoms with Crippen LogP contribution in [0.4, 0.5) is 0 Å². The third-order valence-corrected chi connectivity index (χ3v) is 5.05. The summed E-state index contributed by atoms with van der Waals surface area (Å²) in [6.07, 6.45) is 0. The number of halogens is 1. The van der Waals surface area contributed by atoms with Gasteiger partial charge in [-0.25, -0.2) is 4.98 Å². The van der Waals surface area contributed by atoms with E-state index in [4.69, 9.17) is 11.6 Å². The highest BCUT2D eigenvalue weighted by Crippen LogP contribution is 2.30. The molecule has 0 bridgehead atoms. The maximum Gasteiger partial charge on any atom is 0.251 e.